The first-order valence-electron chi connectivity index (χ1n) is 7.21. The SMILES string of the molecule is CC(O)c1ccc(N2CCC(C(C)C)CC2)c(Cl)c1. The Kier molecular flexibility index (Phi) is 4.75. The Morgan fingerprint density at radius 3 is 2.32 bits per heavy atom. The first-order chi connectivity index (χ1) is 8.99. The van der Waals surface area contributed by atoms with Gasteiger partial charge in [-0.1, -0.05) is 31.5 Å². The minimum absolute atomic E-state index is 0.460. The highest BCUT2D eigenvalue weighted by Crippen LogP contribution is 2.33. The lowest BCUT2D eigenvalue weighted by atomic mass is 9.86. The molecular weight excluding hydrogens is 258 g/mol. The number of anilines is 1. The van der Waals surface area contributed by atoms with Gasteiger partial charge in [-0.2, -0.15) is 0 Å². The van der Waals surface area contributed by atoms with Crippen molar-refractivity contribution in [3.05, 3.63) is 28.8 Å². The average molecular weight is 282 g/mol. The largest absolute Gasteiger partial charge is 0.389 e. The maximum absolute atomic E-state index is 9.57. The summed E-state index contributed by atoms with van der Waals surface area (Å²) >= 11 is 6.35. The van der Waals surface area contributed by atoms with Crippen LogP contribution in [0.5, 0.6) is 0 Å². The van der Waals surface area contributed by atoms with Crippen LogP contribution in [0.3, 0.4) is 0 Å². The highest BCUT2D eigenvalue weighted by molar-refractivity contribution is 6.33. The molecule has 0 spiro atoms. The van der Waals surface area contributed by atoms with Crippen molar-refractivity contribution in [1.29, 1.82) is 0 Å². The first kappa shape index (κ1) is 14.7. The van der Waals surface area contributed by atoms with E-state index in [4.69, 9.17) is 11.6 Å². The van der Waals surface area contributed by atoms with Gasteiger partial charge in [-0.15, -0.1) is 0 Å². The van der Waals surface area contributed by atoms with Crippen LogP contribution in [-0.4, -0.2) is 18.2 Å². The van der Waals surface area contributed by atoms with Crippen LogP contribution < -0.4 is 4.90 Å². The van der Waals surface area contributed by atoms with Crippen molar-refractivity contribution < 1.29 is 5.11 Å². The Morgan fingerprint density at radius 2 is 1.84 bits per heavy atom. The van der Waals surface area contributed by atoms with E-state index in [9.17, 15) is 5.11 Å². The summed E-state index contributed by atoms with van der Waals surface area (Å²) in [6.07, 6.45) is 2.02. The van der Waals surface area contributed by atoms with Gasteiger partial charge in [0.05, 0.1) is 16.8 Å². The lowest BCUT2D eigenvalue weighted by Gasteiger charge is -2.35. The van der Waals surface area contributed by atoms with Crippen molar-refractivity contribution in [2.75, 3.05) is 18.0 Å². The summed E-state index contributed by atoms with van der Waals surface area (Å²) in [6.45, 7) is 8.54. The molecule has 19 heavy (non-hydrogen) atoms. The van der Waals surface area contributed by atoms with Crippen LogP contribution in [0.4, 0.5) is 5.69 Å². The number of rotatable bonds is 3. The van der Waals surface area contributed by atoms with Gasteiger partial charge in [0.1, 0.15) is 0 Å². The second-order valence-electron chi connectivity index (χ2n) is 5.96. The maximum Gasteiger partial charge on any atom is 0.0762 e. The Bertz CT molecular complexity index is 423. The monoisotopic (exact) mass is 281 g/mol. The molecule has 1 aliphatic heterocycles. The maximum atomic E-state index is 9.57. The lowest BCUT2D eigenvalue weighted by molar-refractivity contribution is 0.199. The molecule has 1 unspecified atom stereocenters. The van der Waals surface area contributed by atoms with Crippen molar-refractivity contribution in [3.63, 3.8) is 0 Å². The van der Waals surface area contributed by atoms with Gasteiger partial charge < -0.3 is 10.0 Å². The fourth-order valence-corrected chi connectivity index (χ4v) is 3.16. The summed E-state index contributed by atoms with van der Waals surface area (Å²) in [5.41, 5.74) is 1.99. The highest BCUT2D eigenvalue weighted by atomic mass is 35.5. The molecule has 1 aromatic carbocycles. The smallest absolute Gasteiger partial charge is 0.0762 e. The lowest BCUT2D eigenvalue weighted by Crippen LogP contribution is -2.35. The second-order valence-corrected chi connectivity index (χ2v) is 6.36. The molecule has 0 aliphatic carbocycles. The van der Waals surface area contributed by atoms with Crippen LogP contribution in [0.25, 0.3) is 0 Å². The molecule has 2 nitrogen and oxygen atoms in total. The van der Waals surface area contributed by atoms with E-state index < -0.39 is 6.10 Å². The van der Waals surface area contributed by atoms with E-state index in [0.717, 1.165) is 41.2 Å². The molecule has 1 heterocycles. The first-order valence-corrected chi connectivity index (χ1v) is 7.59. The van der Waals surface area contributed by atoms with E-state index in [1.165, 1.54) is 12.8 Å². The van der Waals surface area contributed by atoms with Crippen LogP contribution in [0.1, 0.15) is 45.3 Å². The third kappa shape index (κ3) is 3.43. The summed E-state index contributed by atoms with van der Waals surface area (Å²) in [4.78, 5) is 2.37. The van der Waals surface area contributed by atoms with Gasteiger partial charge in [0.2, 0.25) is 0 Å². The number of hydrogen-bond donors (Lipinski definition) is 1. The fraction of sp³-hybridized carbons (Fsp3) is 0.625. The summed E-state index contributed by atoms with van der Waals surface area (Å²) in [6, 6.07) is 5.90. The van der Waals surface area contributed by atoms with Gasteiger partial charge >= 0.3 is 0 Å². The van der Waals surface area contributed by atoms with Gasteiger partial charge in [-0.25, -0.2) is 0 Å². The molecule has 3 heteroatoms. The Balaban J connectivity index is 2.07. The van der Waals surface area contributed by atoms with E-state index in [-0.39, 0.29) is 0 Å². The van der Waals surface area contributed by atoms with Crippen LogP contribution in [0.15, 0.2) is 18.2 Å². The number of aliphatic hydroxyl groups excluding tert-OH is 1. The van der Waals surface area contributed by atoms with Crippen molar-refractivity contribution in [2.45, 2.75) is 39.7 Å². The van der Waals surface area contributed by atoms with Crippen LogP contribution >= 0.6 is 11.6 Å². The Hall–Kier alpha value is -0.730. The standard InChI is InChI=1S/C16H24ClNO/c1-11(2)13-6-8-18(9-7-13)16-5-4-14(12(3)19)10-15(16)17/h4-5,10-13,19H,6-9H2,1-3H3. The fourth-order valence-electron chi connectivity index (χ4n) is 2.85. The van der Waals surface area contributed by atoms with Crippen molar-refractivity contribution in [2.24, 2.45) is 11.8 Å². The van der Waals surface area contributed by atoms with E-state index in [1.807, 2.05) is 18.2 Å². The number of hydrogen-bond acceptors (Lipinski definition) is 2. The molecule has 0 aromatic heterocycles. The molecule has 0 amide bonds. The second kappa shape index (κ2) is 6.15. The molecule has 106 valence electrons. The molecule has 0 saturated carbocycles. The number of aliphatic hydroxyl groups is 1. The summed E-state index contributed by atoms with van der Waals surface area (Å²) in [5.74, 6) is 1.61. The van der Waals surface area contributed by atoms with Crippen LogP contribution in [0, 0.1) is 11.8 Å². The van der Waals surface area contributed by atoms with Gasteiger partial charge in [0, 0.05) is 13.1 Å². The predicted octanol–water partition coefficient (Wildman–Crippen LogP) is 4.27. The molecule has 0 bridgehead atoms. The van der Waals surface area contributed by atoms with Gasteiger partial charge in [-0.05, 0) is 49.3 Å². The van der Waals surface area contributed by atoms with E-state index in [0.29, 0.717) is 0 Å². The zero-order valence-electron chi connectivity index (χ0n) is 12.1. The van der Waals surface area contributed by atoms with Gasteiger partial charge in [0.25, 0.3) is 0 Å². The third-order valence-corrected chi connectivity index (χ3v) is 4.58. The minimum atomic E-state index is -0.460. The molecular formula is C16H24ClNO. The zero-order chi connectivity index (χ0) is 14.0. The molecule has 0 radical (unpaired) electrons. The van der Waals surface area contributed by atoms with Crippen LogP contribution in [0.2, 0.25) is 5.02 Å². The van der Waals surface area contributed by atoms with Gasteiger partial charge in [-0.3, -0.25) is 0 Å². The van der Waals surface area contributed by atoms with E-state index in [1.54, 1.807) is 6.92 Å². The topological polar surface area (TPSA) is 23.5 Å². The molecule has 1 atom stereocenters. The van der Waals surface area contributed by atoms with Crippen LogP contribution in [-0.2, 0) is 0 Å². The molecule has 1 saturated heterocycles. The Labute approximate surface area is 121 Å². The van der Waals surface area contributed by atoms with Crippen molar-refractivity contribution >= 4 is 17.3 Å². The molecule has 1 fully saturated rings. The summed E-state index contributed by atoms with van der Waals surface area (Å²) in [5, 5.41) is 10.3. The Morgan fingerprint density at radius 1 is 1.21 bits per heavy atom. The highest BCUT2D eigenvalue weighted by Gasteiger charge is 2.22. The number of halogens is 1. The number of benzene rings is 1. The van der Waals surface area contributed by atoms with E-state index >= 15 is 0 Å². The zero-order valence-corrected chi connectivity index (χ0v) is 12.8. The molecule has 1 N–H and O–H groups in total. The number of nitrogens with zero attached hydrogens (tertiary/aromatic N) is 1. The summed E-state index contributed by atoms with van der Waals surface area (Å²) < 4.78 is 0. The third-order valence-electron chi connectivity index (χ3n) is 4.28. The molecule has 1 aliphatic rings. The molecule has 1 aromatic rings. The number of piperidine rings is 1. The molecule has 2 rings (SSSR count). The average Bonchev–Trinajstić information content (AvgIpc) is 2.38. The van der Waals surface area contributed by atoms with Gasteiger partial charge in [0.15, 0.2) is 0 Å². The minimum Gasteiger partial charge on any atom is -0.389 e. The summed E-state index contributed by atoms with van der Waals surface area (Å²) in [7, 11) is 0. The van der Waals surface area contributed by atoms with Crippen molar-refractivity contribution in [1.82, 2.24) is 0 Å². The van der Waals surface area contributed by atoms with Crippen molar-refractivity contribution in [3.8, 4) is 0 Å². The van der Waals surface area contributed by atoms with E-state index in [2.05, 4.69) is 18.7 Å². The quantitative estimate of drug-likeness (QED) is 0.894. The predicted molar refractivity (Wildman–Crippen MR) is 81.9 cm³/mol. The normalized spacial score (nSPS) is 18.9.